The van der Waals surface area contributed by atoms with Crippen molar-refractivity contribution in [3.8, 4) is 5.75 Å². The second-order valence-corrected chi connectivity index (χ2v) is 9.10. The predicted molar refractivity (Wildman–Crippen MR) is 132 cm³/mol. The fourth-order valence-electron chi connectivity index (χ4n) is 4.60. The van der Waals surface area contributed by atoms with Gasteiger partial charge in [-0.1, -0.05) is 43.5 Å². The SMILES string of the molecule is COc1ccc(CN(Cc2cc3c(C)ccc(C)c3[nH]c2=O)C(=O)NC2CCCCC2)cc1. The molecule has 0 atom stereocenters. The second-order valence-electron chi connectivity index (χ2n) is 9.10. The molecule has 2 aromatic carbocycles. The van der Waals surface area contributed by atoms with Gasteiger partial charge in [0.05, 0.1) is 19.2 Å². The summed E-state index contributed by atoms with van der Waals surface area (Å²) in [6.07, 6.45) is 5.54. The molecule has 1 fully saturated rings. The van der Waals surface area contributed by atoms with Crippen LogP contribution in [0.5, 0.6) is 5.75 Å². The van der Waals surface area contributed by atoms with Crippen LogP contribution in [0.2, 0.25) is 0 Å². The largest absolute Gasteiger partial charge is 0.497 e. The molecule has 174 valence electrons. The van der Waals surface area contributed by atoms with Crippen molar-refractivity contribution in [3.05, 3.63) is 75.1 Å². The smallest absolute Gasteiger partial charge is 0.318 e. The Morgan fingerprint density at radius 2 is 1.73 bits per heavy atom. The summed E-state index contributed by atoms with van der Waals surface area (Å²) in [7, 11) is 1.63. The summed E-state index contributed by atoms with van der Waals surface area (Å²) in [5, 5.41) is 4.22. The Balaban J connectivity index is 1.63. The van der Waals surface area contributed by atoms with Crippen LogP contribution in [-0.4, -0.2) is 29.1 Å². The van der Waals surface area contributed by atoms with E-state index in [0.29, 0.717) is 12.1 Å². The Morgan fingerprint density at radius 1 is 1.03 bits per heavy atom. The van der Waals surface area contributed by atoms with E-state index in [-0.39, 0.29) is 24.2 Å². The number of rotatable bonds is 6. The van der Waals surface area contributed by atoms with E-state index < -0.39 is 0 Å². The van der Waals surface area contributed by atoms with Crippen molar-refractivity contribution in [2.75, 3.05) is 7.11 Å². The van der Waals surface area contributed by atoms with Crippen molar-refractivity contribution in [2.24, 2.45) is 0 Å². The van der Waals surface area contributed by atoms with Crippen molar-refractivity contribution in [2.45, 2.75) is 65.1 Å². The van der Waals surface area contributed by atoms with Crippen molar-refractivity contribution >= 4 is 16.9 Å². The predicted octanol–water partition coefficient (Wildman–Crippen LogP) is 5.20. The van der Waals surface area contributed by atoms with Crippen LogP contribution in [0.3, 0.4) is 0 Å². The first-order valence-electron chi connectivity index (χ1n) is 11.7. The van der Waals surface area contributed by atoms with E-state index in [9.17, 15) is 9.59 Å². The maximum absolute atomic E-state index is 13.3. The maximum atomic E-state index is 13.3. The lowest BCUT2D eigenvalue weighted by Crippen LogP contribution is -2.45. The maximum Gasteiger partial charge on any atom is 0.318 e. The first-order chi connectivity index (χ1) is 15.9. The highest BCUT2D eigenvalue weighted by molar-refractivity contribution is 5.85. The molecule has 2 amide bonds. The summed E-state index contributed by atoms with van der Waals surface area (Å²) in [6, 6.07) is 13.8. The Labute approximate surface area is 195 Å². The van der Waals surface area contributed by atoms with E-state index in [0.717, 1.165) is 59.0 Å². The van der Waals surface area contributed by atoms with Gasteiger partial charge >= 0.3 is 6.03 Å². The second kappa shape index (κ2) is 10.1. The molecule has 2 N–H and O–H groups in total. The minimum Gasteiger partial charge on any atom is -0.497 e. The van der Waals surface area contributed by atoms with Crippen LogP contribution in [-0.2, 0) is 13.1 Å². The fraction of sp³-hybridized carbons (Fsp3) is 0.407. The number of aromatic nitrogens is 1. The molecule has 1 heterocycles. The summed E-state index contributed by atoms with van der Waals surface area (Å²) in [4.78, 5) is 31.0. The number of aromatic amines is 1. The highest BCUT2D eigenvalue weighted by atomic mass is 16.5. The first kappa shape index (κ1) is 22.9. The van der Waals surface area contributed by atoms with E-state index in [1.807, 2.05) is 50.2 Å². The molecule has 0 spiro atoms. The van der Waals surface area contributed by atoms with Gasteiger partial charge in [0, 0.05) is 23.5 Å². The number of hydrogen-bond acceptors (Lipinski definition) is 3. The van der Waals surface area contributed by atoms with Gasteiger partial charge in [0.15, 0.2) is 0 Å². The Hall–Kier alpha value is -3.28. The zero-order chi connectivity index (χ0) is 23.4. The highest BCUT2D eigenvalue weighted by Gasteiger charge is 2.22. The first-order valence-corrected chi connectivity index (χ1v) is 11.7. The third-order valence-electron chi connectivity index (χ3n) is 6.63. The van der Waals surface area contributed by atoms with Crippen molar-refractivity contribution in [1.82, 2.24) is 15.2 Å². The third kappa shape index (κ3) is 5.38. The summed E-state index contributed by atoms with van der Waals surface area (Å²) in [5.74, 6) is 0.772. The van der Waals surface area contributed by atoms with Gasteiger partial charge in [-0.3, -0.25) is 4.79 Å². The number of H-pyrrole nitrogens is 1. The molecular formula is C27H33N3O3. The number of carbonyl (C=O) groups is 1. The van der Waals surface area contributed by atoms with Gasteiger partial charge in [0.2, 0.25) is 0 Å². The molecule has 1 saturated carbocycles. The summed E-state index contributed by atoms with van der Waals surface area (Å²) >= 11 is 0. The third-order valence-corrected chi connectivity index (χ3v) is 6.63. The molecule has 6 heteroatoms. The van der Waals surface area contributed by atoms with Gasteiger partial charge in [-0.25, -0.2) is 4.79 Å². The lowest BCUT2D eigenvalue weighted by atomic mass is 9.96. The molecule has 0 aliphatic heterocycles. The van der Waals surface area contributed by atoms with Crippen LogP contribution in [0.25, 0.3) is 10.9 Å². The van der Waals surface area contributed by atoms with E-state index in [4.69, 9.17) is 4.74 Å². The Kier molecular flexibility index (Phi) is 7.02. The molecule has 4 rings (SSSR count). The minimum absolute atomic E-state index is 0.127. The van der Waals surface area contributed by atoms with Gasteiger partial charge < -0.3 is 19.9 Å². The molecule has 0 bridgehead atoms. The summed E-state index contributed by atoms with van der Waals surface area (Å²) < 4.78 is 5.26. The molecule has 3 aromatic rings. The quantitative estimate of drug-likeness (QED) is 0.546. The van der Waals surface area contributed by atoms with Crippen LogP contribution < -0.4 is 15.6 Å². The molecule has 6 nitrogen and oxygen atoms in total. The van der Waals surface area contributed by atoms with Crippen LogP contribution in [0.15, 0.2) is 47.3 Å². The molecule has 0 unspecified atom stereocenters. The lowest BCUT2D eigenvalue weighted by molar-refractivity contribution is 0.184. The van der Waals surface area contributed by atoms with E-state index >= 15 is 0 Å². The number of nitrogens with one attached hydrogen (secondary N) is 2. The highest BCUT2D eigenvalue weighted by Crippen LogP contribution is 2.22. The molecule has 33 heavy (non-hydrogen) atoms. The van der Waals surface area contributed by atoms with E-state index in [1.54, 1.807) is 12.0 Å². The normalized spacial score (nSPS) is 14.3. The number of aryl methyl sites for hydroxylation is 2. The van der Waals surface area contributed by atoms with Crippen LogP contribution in [0.4, 0.5) is 4.79 Å². The van der Waals surface area contributed by atoms with Crippen LogP contribution in [0.1, 0.15) is 54.4 Å². The van der Waals surface area contributed by atoms with Crippen molar-refractivity contribution in [3.63, 3.8) is 0 Å². The number of benzene rings is 2. The number of methoxy groups -OCH3 is 1. The molecule has 0 saturated heterocycles. The number of hydrogen-bond donors (Lipinski definition) is 2. The number of nitrogens with zero attached hydrogens (tertiary/aromatic N) is 1. The van der Waals surface area contributed by atoms with Crippen LogP contribution >= 0.6 is 0 Å². The van der Waals surface area contributed by atoms with Gasteiger partial charge in [0.25, 0.3) is 5.56 Å². The van der Waals surface area contributed by atoms with Gasteiger partial charge in [-0.05, 0) is 61.6 Å². The van der Waals surface area contributed by atoms with Crippen LogP contribution in [0, 0.1) is 13.8 Å². The van der Waals surface area contributed by atoms with Gasteiger partial charge in [-0.15, -0.1) is 0 Å². The molecule has 1 aliphatic rings. The number of ether oxygens (including phenoxy) is 1. The average molecular weight is 448 g/mol. The fourth-order valence-corrected chi connectivity index (χ4v) is 4.60. The number of fused-ring (bicyclic) bond motifs is 1. The number of pyridine rings is 1. The molecule has 1 aromatic heterocycles. The van der Waals surface area contributed by atoms with E-state index in [2.05, 4.69) is 16.4 Å². The standard InChI is InChI=1S/C27H33N3O3/c1-18-9-10-19(2)25-24(18)15-21(26(31)29-25)17-30(16-20-11-13-23(33-3)14-12-20)27(32)28-22-7-5-4-6-8-22/h9-15,22H,4-8,16-17H2,1-3H3,(H,28,32)(H,29,31). The van der Waals surface area contributed by atoms with Crippen molar-refractivity contribution < 1.29 is 9.53 Å². The average Bonchev–Trinajstić information content (AvgIpc) is 2.83. The zero-order valence-corrected chi connectivity index (χ0v) is 19.7. The van der Waals surface area contributed by atoms with Gasteiger partial charge in [0.1, 0.15) is 5.75 Å². The lowest BCUT2D eigenvalue weighted by Gasteiger charge is -2.28. The topological polar surface area (TPSA) is 74.4 Å². The zero-order valence-electron chi connectivity index (χ0n) is 19.7. The minimum atomic E-state index is -0.151. The summed E-state index contributed by atoms with van der Waals surface area (Å²) in [5.41, 5.74) is 4.41. The molecule has 1 aliphatic carbocycles. The number of amides is 2. The monoisotopic (exact) mass is 447 g/mol. The Morgan fingerprint density at radius 3 is 2.42 bits per heavy atom. The molecular weight excluding hydrogens is 414 g/mol. The summed E-state index contributed by atoms with van der Waals surface area (Å²) in [6.45, 7) is 4.68. The number of carbonyl (C=O) groups excluding carboxylic acids is 1. The Bertz CT molecular complexity index is 1180. The van der Waals surface area contributed by atoms with E-state index in [1.165, 1.54) is 6.42 Å². The van der Waals surface area contributed by atoms with Crippen molar-refractivity contribution in [1.29, 1.82) is 0 Å². The molecule has 0 radical (unpaired) electrons. The van der Waals surface area contributed by atoms with Gasteiger partial charge in [-0.2, -0.15) is 0 Å². The number of urea groups is 1.